The Bertz CT molecular complexity index is 344. The molecule has 2 aliphatic rings. The van der Waals surface area contributed by atoms with Gasteiger partial charge in [0.05, 0.1) is 0 Å². The average Bonchev–Trinajstić information content (AvgIpc) is 2.92. The van der Waals surface area contributed by atoms with Gasteiger partial charge in [0.1, 0.15) is 0 Å². The third-order valence-corrected chi connectivity index (χ3v) is 2.14. The molecule has 0 unspecified atom stereocenters. The zero-order chi connectivity index (χ0) is 11.6. The van der Waals surface area contributed by atoms with Crippen LogP contribution in [0.2, 0.25) is 0 Å². The van der Waals surface area contributed by atoms with E-state index in [-0.39, 0.29) is 38.6 Å². The van der Waals surface area contributed by atoms with Gasteiger partial charge >= 0.3 is 26.2 Å². The van der Waals surface area contributed by atoms with Crippen molar-refractivity contribution in [2.45, 2.75) is 26.7 Å². The summed E-state index contributed by atoms with van der Waals surface area (Å²) in [5.74, 6) is 0. The van der Waals surface area contributed by atoms with Crippen LogP contribution < -0.4 is 0 Å². The Morgan fingerprint density at radius 1 is 0.889 bits per heavy atom. The monoisotopic (exact) mass is 336 g/mol. The maximum Gasteiger partial charge on any atom is 2.00 e. The maximum absolute atomic E-state index is 3.18. The van der Waals surface area contributed by atoms with Gasteiger partial charge in [0.2, 0.25) is 0 Å². The molecule has 0 bridgehead atoms. The first-order chi connectivity index (χ1) is 7.86. The molecular formula is C16H19ClZr. The smallest absolute Gasteiger partial charge is 0.198 e. The number of hydrogen-bond donors (Lipinski definition) is 0. The van der Waals surface area contributed by atoms with E-state index < -0.39 is 0 Å². The van der Waals surface area contributed by atoms with Gasteiger partial charge in [-0.25, -0.2) is 0 Å². The van der Waals surface area contributed by atoms with Crippen LogP contribution in [-0.4, -0.2) is 0 Å². The Morgan fingerprint density at radius 3 is 1.50 bits per heavy atom. The van der Waals surface area contributed by atoms with Gasteiger partial charge in [-0.2, -0.15) is 47.6 Å². The third-order valence-electron chi connectivity index (χ3n) is 2.14. The van der Waals surface area contributed by atoms with Crippen LogP contribution in [0.4, 0.5) is 0 Å². The molecule has 0 saturated heterocycles. The molecule has 2 heteroatoms. The Balaban J connectivity index is 0. The summed E-state index contributed by atoms with van der Waals surface area (Å²) in [5.41, 5.74) is 2.43. The summed E-state index contributed by atoms with van der Waals surface area (Å²) >= 11 is 0. The number of halogens is 1. The second kappa shape index (κ2) is 13.1. The molecule has 0 aromatic heterocycles. The van der Waals surface area contributed by atoms with E-state index in [1.54, 1.807) is 0 Å². The topological polar surface area (TPSA) is 0 Å². The standard InChI is InChI=1S/2C8H9.ClH.Zr/c2*1-2-5-8-6-3-4-7-8;;/h2*2-3,5-6H,4H2,1H3;1H;/q2*-1;;+2. The molecule has 2 rings (SSSR count). The fourth-order valence-corrected chi connectivity index (χ4v) is 1.43. The largest absolute Gasteiger partial charge is 2.00 e. The predicted octanol–water partition coefficient (Wildman–Crippen LogP) is 4.92. The van der Waals surface area contributed by atoms with Crippen molar-refractivity contribution in [3.63, 3.8) is 0 Å². The van der Waals surface area contributed by atoms with E-state index in [9.17, 15) is 0 Å². The first kappa shape index (κ1) is 19.9. The molecule has 0 amide bonds. The van der Waals surface area contributed by atoms with Crippen molar-refractivity contribution < 1.29 is 26.2 Å². The summed E-state index contributed by atoms with van der Waals surface area (Å²) in [6.07, 6.45) is 24.9. The molecule has 0 saturated carbocycles. The molecule has 0 nitrogen and oxygen atoms in total. The van der Waals surface area contributed by atoms with Crippen molar-refractivity contribution in [2.75, 3.05) is 0 Å². The van der Waals surface area contributed by atoms with E-state index in [0.717, 1.165) is 12.8 Å². The summed E-state index contributed by atoms with van der Waals surface area (Å²) in [6.45, 7) is 4.03. The van der Waals surface area contributed by atoms with Crippen LogP contribution in [0.3, 0.4) is 0 Å². The quantitative estimate of drug-likeness (QED) is 0.627. The normalized spacial score (nSPS) is 15.9. The van der Waals surface area contributed by atoms with Gasteiger partial charge in [0, 0.05) is 0 Å². The molecule has 0 atom stereocenters. The molecular weight excluding hydrogens is 319 g/mol. The van der Waals surface area contributed by atoms with Crippen LogP contribution in [0.1, 0.15) is 26.7 Å². The predicted molar refractivity (Wildman–Crippen MR) is 77.9 cm³/mol. The molecule has 94 valence electrons. The summed E-state index contributed by atoms with van der Waals surface area (Å²) in [5, 5.41) is 0. The van der Waals surface area contributed by atoms with Crippen LogP contribution in [0, 0.1) is 12.2 Å². The molecule has 0 heterocycles. The van der Waals surface area contributed by atoms with Crippen molar-refractivity contribution in [1.82, 2.24) is 0 Å². The van der Waals surface area contributed by atoms with Gasteiger partial charge in [0.15, 0.2) is 0 Å². The first-order valence-corrected chi connectivity index (χ1v) is 5.67. The van der Waals surface area contributed by atoms with Crippen LogP contribution in [-0.2, 0) is 26.2 Å². The number of hydrogen-bond acceptors (Lipinski definition) is 0. The molecule has 0 aromatic rings. The summed E-state index contributed by atoms with van der Waals surface area (Å²) in [6, 6.07) is 0. The Hall–Kier alpha value is -0.387. The van der Waals surface area contributed by atoms with E-state index in [4.69, 9.17) is 0 Å². The SMILES string of the molecule is CC=CC1=[C-]CC=C1.CC=CC1=[C-]CC=C1.Cl.[Zr+2]. The second-order valence-corrected chi connectivity index (χ2v) is 3.48. The number of allylic oxidation sites excluding steroid dienone is 12. The second-order valence-electron chi connectivity index (χ2n) is 3.48. The molecule has 0 radical (unpaired) electrons. The zero-order valence-electron chi connectivity index (χ0n) is 10.9. The minimum Gasteiger partial charge on any atom is -0.198 e. The van der Waals surface area contributed by atoms with Crippen molar-refractivity contribution in [2.24, 2.45) is 0 Å². The molecule has 0 aromatic carbocycles. The number of rotatable bonds is 2. The van der Waals surface area contributed by atoms with Crippen molar-refractivity contribution in [3.8, 4) is 0 Å². The van der Waals surface area contributed by atoms with E-state index in [1.165, 1.54) is 11.1 Å². The molecule has 0 aliphatic heterocycles. The van der Waals surface area contributed by atoms with Gasteiger partial charge in [-0.05, 0) is 0 Å². The van der Waals surface area contributed by atoms with E-state index in [2.05, 4.69) is 48.6 Å². The Kier molecular flexibility index (Phi) is 14.5. The molecule has 2 aliphatic carbocycles. The molecule has 18 heavy (non-hydrogen) atoms. The van der Waals surface area contributed by atoms with Crippen LogP contribution in [0.15, 0.2) is 59.8 Å². The minimum absolute atomic E-state index is 0. The maximum atomic E-state index is 3.18. The van der Waals surface area contributed by atoms with E-state index in [1.807, 2.05) is 26.0 Å². The van der Waals surface area contributed by atoms with E-state index in [0.29, 0.717) is 0 Å². The minimum atomic E-state index is 0. The fraction of sp³-hybridized carbons (Fsp3) is 0.250. The summed E-state index contributed by atoms with van der Waals surface area (Å²) in [4.78, 5) is 0. The molecule has 0 spiro atoms. The zero-order valence-corrected chi connectivity index (χ0v) is 14.2. The average molecular weight is 338 g/mol. The van der Waals surface area contributed by atoms with Gasteiger partial charge < -0.3 is 0 Å². The van der Waals surface area contributed by atoms with Crippen LogP contribution in [0.5, 0.6) is 0 Å². The van der Waals surface area contributed by atoms with Gasteiger partial charge in [-0.3, -0.25) is 0 Å². The van der Waals surface area contributed by atoms with Crippen molar-refractivity contribution in [3.05, 3.63) is 71.9 Å². The van der Waals surface area contributed by atoms with Crippen molar-refractivity contribution >= 4 is 12.4 Å². The fourth-order valence-electron chi connectivity index (χ4n) is 1.43. The molecule has 0 fully saturated rings. The Morgan fingerprint density at radius 2 is 1.28 bits per heavy atom. The molecule has 0 N–H and O–H groups in total. The van der Waals surface area contributed by atoms with Crippen molar-refractivity contribution in [1.29, 1.82) is 0 Å². The van der Waals surface area contributed by atoms with E-state index >= 15 is 0 Å². The Labute approximate surface area is 136 Å². The third kappa shape index (κ3) is 8.67. The summed E-state index contributed by atoms with van der Waals surface area (Å²) in [7, 11) is 0. The first-order valence-electron chi connectivity index (χ1n) is 5.67. The summed E-state index contributed by atoms with van der Waals surface area (Å²) < 4.78 is 0. The van der Waals surface area contributed by atoms with Gasteiger partial charge in [0.25, 0.3) is 0 Å². The van der Waals surface area contributed by atoms with Crippen LogP contribution in [0.25, 0.3) is 0 Å². The van der Waals surface area contributed by atoms with Gasteiger partial charge in [-0.15, -0.1) is 36.7 Å². The van der Waals surface area contributed by atoms with Gasteiger partial charge in [-0.1, -0.05) is 26.7 Å². The van der Waals surface area contributed by atoms with Crippen LogP contribution >= 0.6 is 12.4 Å².